The molecule has 0 saturated carbocycles. The number of hydrogen-bond donors (Lipinski definition) is 0. The number of benzene rings is 12. The van der Waals surface area contributed by atoms with Gasteiger partial charge in [0, 0.05) is 11.1 Å². The molecule has 0 saturated heterocycles. The minimum Gasteiger partial charge on any atom is -0.457 e. The Kier molecular flexibility index (Phi) is 27.7. The fourth-order valence-corrected chi connectivity index (χ4v) is 11.6. The van der Waals surface area contributed by atoms with E-state index in [9.17, 15) is 4.79 Å². The van der Waals surface area contributed by atoms with Crippen molar-refractivity contribution in [3.8, 4) is 44.9 Å². The molecule has 12 aromatic carbocycles. The van der Waals surface area contributed by atoms with E-state index < -0.39 is 0 Å². The van der Waals surface area contributed by atoms with Gasteiger partial charge in [-0.3, -0.25) is 4.79 Å². The predicted octanol–water partition coefficient (Wildman–Crippen LogP) is 27.1. The molecule has 0 N–H and O–H groups in total. The van der Waals surface area contributed by atoms with E-state index in [1.165, 1.54) is 167 Å². The number of carbonyl (C=O) groups excluding carboxylic acids is 1. The van der Waals surface area contributed by atoms with Gasteiger partial charge in [0.15, 0.2) is 5.78 Å². The van der Waals surface area contributed by atoms with Crippen molar-refractivity contribution < 1.29 is 9.53 Å². The highest BCUT2D eigenvalue weighted by atomic mass is 16.5. The Balaban J connectivity index is 0.000000169. The minimum absolute atomic E-state index is 0.0983. The number of rotatable bonds is 9. The molecule has 0 unspecified atom stereocenters. The summed E-state index contributed by atoms with van der Waals surface area (Å²) < 4.78 is 5.85. The zero-order chi connectivity index (χ0) is 73.2. The number of ketones is 1. The third-order valence-corrected chi connectivity index (χ3v) is 20.6. The van der Waals surface area contributed by atoms with E-state index in [-0.39, 0.29) is 5.78 Å². The summed E-state index contributed by atoms with van der Waals surface area (Å²) in [7, 11) is 0. The number of hydrogen-bond acceptors (Lipinski definition) is 2. The smallest absolute Gasteiger partial charge is 0.193 e. The molecule has 0 spiro atoms. The molecule has 514 valence electrons. The average molecular weight is 1320 g/mol. The van der Waals surface area contributed by atoms with Gasteiger partial charge in [0.2, 0.25) is 0 Å². The van der Waals surface area contributed by atoms with Crippen LogP contribution in [0, 0.1) is 166 Å². The largest absolute Gasteiger partial charge is 0.457 e. The molecule has 0 amide bonds. The second-order valence-corrected chi connectivity index (χ2v) is 28.2. The highest BCUT2D eigenvalue weighted by Gasteiger charge is 2.13. The number of carbonyl (C=O) groups is 1. The third-order valence-electron chi connectivity index (χ3n) is 20.6. The molecule has 0 aliphatic heterocycles. The first kappa shape index (κ1) is 77.5. The Hall–Kier alpha value is -9.89. The quantitative estimate of drug-likeness (QED) is 0.135. The van der Waals surface area contributed by atoms with Crippen molar-refractivity contribution in [2.75, 3.05) is 0 Å². The zero-order valence-corrected chi connectivity index (χ0v) is 64.8. The third kappa shape index (κ3) is 21.3. The van der Waals surface area contributed by atoms with Crippen LogP contribution in [0.2, 0.25) is 0 Å². The van der Waals surface area contributed by atoms with Crippen LogP contribution in [-0.2, 0) is 6.42 Å². The van der Waals surface area contributed by atoms with Crippen molar-refractivity contribution in [2.45, 2.75) is 173 Å². The molecule has 2 heteroatoms. The van der Waals surface area contributed by atoms with Gasteiger partial charge >= 0.3 is 0 Å². The van der Waals surface area contributed by atoms with Crippen molar-refractivity contribution in [1.29, 1.82) is 0 Å². The van der Waals surface area contributed by atoms with Crippen LogP contribution in [0.1, 0.15) is 161 Å². The summed E-state index contributed by atoms with van der Waals surface area (Å²) in [5.74, 6) is 1.90. The molecule has 0 bridgehead atoms. The zero-order valence-electron chi connectivity index (χ0n) is 64.8. The first-order chi connectivity index (χ1) is 47.4. The lowest BCUT2D eigenvalue weighted by molar-refractivity contribution is 0.103. The van der Waals surface area contributed by atoms with Gasteiger partial charge in [-0.1, -0.05) is 182 Å². The van der Waals surface area contributed by atoms with E-state index in [1.807, 2.05) is 62.4 Å². The van der Waals surface area contributed by atoms with Crippen LogP contribution >= 0.6 is 0 Å². The molecular formula is C98H110O2. The van der Waals surface area contributed by atoms with E-state index in [4.69, 9.17) is 4.74 Å². The summed E-state index contributed by atoms with van der Waals surface area (Å²) in [4.78, 5) is 12.4. The lowest BCUT2D eigenvalue weighted by Crippen LogP contribution is -2.03. The highest BCUT2D eigenvalue weighted by molar-refractivity contribution is 6.09. The molecular weight excluding hydrogens is 1210 g/mol. The monoisotopic (exact) mass is 1320 g/mol. The van der Waals surface area contributed by atoms with Crippen molar-refractivity contribution >= 4 is 5.78 Å². The van der Waals surface area contributed by atoms with Gasteiger partial charge in [0.25, 0.3) is 0 Å². The van der Waals surface area contributed by atoms with Crippen LogP contribution in [0.3, 0.4) is 0 Å². The second-order valence-electron chi connectivity index (χ2n) is 28.2. The molecule has 0 fully saturated rings. The summed E-state index contributed by atoms with van der Waals surface area (Å²) in [6, 6.07) is 77.1. The molecule has 0 aliphatic carbocycles. The van der Waals surface area contributed by atoms with Crippen LogP contribution in [0.15, 0.2) is 218 Å². The fourth-order valence-electron chi connectivity index (χ4n) is 11.6. The van der Waals surface area contributed by atoms with E-state index in [1.54, 1.807) is 0 Å². The standard InChI is InChI=1S/C17H18O.C17H20.C16H18O.3C16H18/c1-11-5-7-15(9-13(11)3)17(18)16-8-6-12(2)14(4)10-16;1-12-5-7-16(9-14(12)3)11-17-8-6-13(2)15(4)10-17;1-11-5-7-15(9-13(11)3)17-16-8-6-12(2)14(4)10-16;1-11-5-7-15(9-13(11)3)16-8-6-12(2)14(4)10-16;1-11-7-5-9-15(13(11)3)16-10-6-8-12(2)14(16)4;1-11-8-9-15(10-13(11)3)16-7-5-6-12(2)14(16)4/h5-10H,1-4H3;5-10H,11H2,1-4H3;5-10H,1-4H3;3*5-10H,1-4H3. The van der Waals surface area contributed by atoms with Crippen LogP contribution in [0.5, 0.6) is 11.5 Å². The fraction of sp³-hybridized carbons (Fsp3) is 0.255. The summed E-state index contributed by atoms with van der Waals surface area (Å²) in [6.45, 7) is 51.3. The van der Waals surface area contributed by atoms with Gasteiger partial charge in [-0.2, -0.15) is 0 Å². The Morgan fingerprint density at radius 1 is 0.220 bits per heavy atom. The maximum absolute atomic E-state index is 12.4. The summed E-state index contributed by atoms with van der Waals surface area (Å²) in [6.07, 6.45) is 1.03. The molecule has 2 nitrogen and oxygen atoms in total. The summed E-state index contributed by atoms with van der Waals surface area (Å²) in [5.41, 5.74) is 44.0. The van der Waals surface area contributed by atoms with Gasteiger partial charge in [0.1, 0.15) is 11.5 Å². The number of ether oxygens (including phenoxy) is 1. The summed E-state index contributed by atoms with van der Waals surface area (Å²) >= 11 is 0. The van der Waals surface area contributed by atoms with Crippen molar-refractivity contribution in [2.24, 2.45) is 0 Å². The van der Waals surface area contributed by atoms with Crippen molar-refractivity contribution in [3.05, 3.63) is 374 Å². The predicted molar refractivity (Wildman–Crippen MR) is 434 cm³/mol. The molecule has 12 aromatic rings. The van der Waals surface area contributed by atoms with Crippen LogP contribution in [0.25, 0.3) is 33.4 Å². The van der Waals surface area contributed by atoms with Crippen LogP contribution in [-0.4, -0.2) is 5.78 Å². The van der Waals surface area contributed by atoms with Gasteiger partial charge in [0.05, 0.1) is 0 Å². The maximum atomic E-state index is 12.4. The molecule has 0 heterocycles. The first-order valence-corrected chi connectivity index (χ1v) is 35.4. The van der Waals surface area contributed by atoms with E-state index in [0.29, 0.717) is 0 Å². The van der Waals surface area contributed by atoms with Crippen molar-refractivity contribution in [1.82, 2.24) is 0 Å². The van der Waals surface area contributed by atoms with Crippen LogP contribution in [0.4, 0.5) is 0 Å². The summed E-state index contributed by atoms with van der Waals surface area (Å²) in [5, 5.41) is 0. The Morgan fingerprint density at radius 3 is 0.800 bits per heavy atom. The molecule has 12 rings (SSSR count). The normalized spacial score (nSPS) is 10.5. The Bertz CT molecular complexity index is 4480. The Morgan fingerprint density at radius 2 is 0.480 bits per heavy atom. The molecule has 0 atom stereocenters. The van der Waals surface area contributed by atoms with Crippen LogP contribution < -0.4 is 4.74 Å². The average Bonchev–Trinajstić information content (AvgIpc) is 0.839. The SMILES string of the molecule is Cc1ccc(-c2ccc(C)c(C)c2)cc1C.Cc1ccc(-c2cccc(C)c2C)cc1C.Cc1ccc(C(=O)c2ccc(C)c(C)c2)cc1C.Cc1ccc(Cc2ccc(C)c(C)c2)cc1C.Cc1ccc(Oc2ccc(C)c(C)c2)cc1C.Cc1cccc(-c2cccc(C)c2C)c1C. The molecule has 100 heavy (non-hydrogen) atoms. The van der Waals surface area contributed by atoms with E-state index in [2.05, 4.69) is 322 Å². The maximum Gasteiger partial charge on any atom is 0.193 e. The molecule has 0 aliphatic rings. The molecule has 0 radical (unpaired) electrons. The minimum atomic E-state index is 0.0983. The Labute approximate surface area is 603 Å². The van der Waals surface area contributed by atoms with E-state index >= 15 is 0 Å². The lowest BCUT2D eigenvalue weighted by atomic mass is 9.92. The highest BCUT2D eigenvalue weighted by Crippen LogP contribution is 2.32. The van der Waals surface area contributed by atoms with Gasteiger partial charge < -0.3 is 4.74 Å². The topological polar surface area (TPSA) is 26.3 Å². The van der Waals surface area contributed by atoms with E-state index in [0.717, 1.165) is 40.2 Å². The van der Waals surface area contributed by atoms with Crippen molar-refractivity contribution in [3.63, 3.8) is 0 Å². The van der Waals surface area contributed by atoms with Gasteiger partial charge in [-0.05, 0) is 387 Å². The van der Waals surface area contributed by atoms with Gasteiger partial charge in [-0.25, -0.2) is 0 Å². The lowest BCUT2D eigenvalue weighted by Gasteiger charge is -2.12. The first-order valence-electron chi connectivity index (χ1n) is 35.4. The second kappa shape index (κ2) is 35.7. The van der Waals surface area contributed by atoms with Gasteiger partial charge in [-0.15, -0.1) is 0 Å². The molecule has 0 aromatic heterocycles. The number of aryl methyl sites for hydroxylation is 21.